The minimum Gasteiger partial charge on any atom is -0.206 e. The van der Waals surface area contributed by atoms with Gasteiger partial charge >= 0.3 is 0 Å². The summed E-state index contributed by atoms with van der Waals surface area (Å²) in [5, 5.41) is 0.164. The monoisotopic (exact) mass is 194 g/mol. The first kappa shape index (κ1) is 9.39. The molecule has 0 unspecified atom stereocenters. The summed E-state index contributed by atoms with van der Waals surface area (Å²) >= 11 is 5.51. The number of hydrogen-bond donors (Lipinski definition) is 0. The summed E-state index contributed by atoms with van der Waals surface area (Å²) in [7, 11) is 0. The standard InChI is InChI=1S/C8H6ClF3/c1-4-6(9)3-2-5(7(4)10)8(11)12/h2-3,8H,1H3. The molecular formula is C8H6ClF3. The summed E-state index contributed by atoms with van der Waals surface area (Å²) in [6.07, 6.45) is -2.79. The SMILES string of the molecule is Cc1c(Cl)ccc(C(F)F)c1F. The second-order valence-electron chi connectivity index (χ2n) is 2.38. The van der Waals surface area contributed by atoms with Crippen LogP contribution < -0.4 is 0 Å². The average Bonchev–Trinajstić information content (AvgIpc) is 2.00. The first-order chi connectivity index (χ1) is 5.54. The zero-order chi connectivity index (χ0) is 9.30. The van der Waals surface area contributed by atoms with Gasteiger partial charge in [0.05, 0.1) is 5.56 Å². The predicted octanol–water partition coefficient (Wildman–Crippen LogP) is 3.73. The highest BCUT2D eigenvalue weighted by Gasteiger charge is 2.15. The molecule has 0 aliphatic rings. The van der Waals surface area contributed by atoms with Gasteiger partial charge in [-0.05, 0) is 19.1 Å². The van der Waals surface area contributed by atoms with Crippen LogP contribution in [-0.2, 0) is 0 Å². The molecule has 0 saturated carbocycles. The van der Waals surface area contributed by atoms with E-state index in [4.69, 9.17) is 11.6 Å². The van der Waals surface area contributed by atoms with Crippen molar-refractivity contribution in [3.05, 3.63) is 34.1 Å². The van der Waals surface area contributed by atoms with Crippen molar-refractivity contribution in [3.63, 3.8) is 0 Å². The first-order valence-corrected chi connectivity index (χ1v) is 3.64. The molecule has 12 heavy (non-hydrogen) atoms. The maximum atomic E-state index is 12.9. The van der Waals surface area contributed by atoms with Crippen LogP contribution in [0.15, 0.2) is 12.1 Å². The van der Waals surface area contributed by atoms with Gasteiger partial charge in [-0.25, -0.2) is 13.2 Å². The Balaban J connectivity index is 3.27. The molecule has 0 spiro atoms. The van der Waals surface area contributed by atoms with Crippen LogP contribution in [0.2, 0.25) is 5.02 Å². The van der Waals surface area contributed by atoms with Crippen LogP contribution >= 0.6 is 11.6 Å². The summed E-state index contributed by atoms with van der Waals surface area (Å²) < 4.78 is 37.1. The van der Waals surface area contributed by atoms with Gasteiger partial charge in [0.2, 0.25) is 0 Å². The average molecular weight is 195 g/mol. The second kappa shape index (κ2) is 3.35. The summed E-state index contributed by atoms with van der Waals surface area (Å²) in [6, 6.07) is 2.26. The van der Waals surface area contributed by atoms with E-state index in [1.807, 2.05) is 0 Å². The van der Waals surface area contributed by atoms with E-state index in [1.165, 1.54) is 13.0 Å². The van der Waals surface area contributed by atoms with Crippen LogP contribution in [0.25, 0.3) is 0 Å². The van der Waals surface area contributed by atoms with Crippen LogP contribution in [-0.4, -0.2) is 0 Å². The van der Waals surface area contributed by atoms with Crippen molar-refractivity contribution in [1.29, 1.82) is 0 Å². The van der Waals surface area contributed by atoms with Gasteiger partial charge < -0.3 is 0 Å². The van der Waals surface area contributed by atoms with Crippen molar-refractivity contribution in [2.24, 2.45) is 0 Å². The number of benzene rings is 1. The van der Waals surface area contributed by atoms with Crippen molar-refractivity contribution in [1.82, 2.24) is 0 Å². The van der Waals surface area contributed by atoms with Gasteiger partial charge in [-0.3, -0.25) is 0 Å². The Kier molecular flexibility index (Phi) is 2.62. The van der Waals surface area contributed by atoms with Crippen LogP contribution in [0.1, 0.15) is 17.6 Å². The molecule has 66 valence electrons. The summed E-state index contributed by atoms with van der Waals surface area (Å²) in [4.78, 5) is 0. The fourth-order valence-electron chi connectivity index (χ4n) is 0.851. The van der Waals surface area contributed by atoms with Crippen LogP contribution in [0.4, 0.5) is 13.2 Å². The van der Waals surface area contributed by atoms with Crippen LogP contribution in [0.5, 0.6) is 0 Å². The van der Waals surface area contributed by atoms with Crippen molar-refractivity contribution in [2.75, 3.05) is 0 Å². The molecule has 0 N–H and O–H groups in total. The van der Waals surface area contributed by atoms with Crippen molar-refractivity contribution >= 4 is 11.6 Å². The smallest absolute Gasteiger partial charge is 0.206 e. The van der Waals surface area contributed by atoms with Gasteiger partial charge in [0.15, 0.2) is 0 Å². The van der Waals surface area contributed by atoms with Crippen molar-refractivity contribution in [3.8, 4) is 0 Å². The number of rotatable bonds is 1. The van der Waals surface area contributed by atoms with Gasteiger partial charge in [-0.15, -0.1) is 0 Å². The number of halogens is 4. The fraction of sp³-hybridized carbons (Fsp3) is 0.250. The quantitative estimate of drug-likeness (QED) is 0.639. The Hall–Kier alpha value is -0.700. The molecule has 0 aliphatic heterocycles. The lowest BCUT2D eigenvalue weighted by molar-refractivity contribution is 0.146. The van der Waals surface area contributed by atoms with Gasteiger partial charge in [-0.1, -0.05) is 11.6 Å². The highest BCUT2D eigenvalue weighted by Crippen LogP contribution is 2.27. The zero-order valence-corrected chi connectivity index (χ0v) is 7.00. The first-order valence-electron chi connectivity index (χ1n) is 3.26. The largest absolute Gasteiger partial charge is 0.266 e. The Morgan fingerprint density at radius 2 is 1.92 bits per heavy atom. The normalized spacial score (nSPS) is 10.8. The number of hydrogen-bond acceptors (Lipinski definition) is 0. The third-order valence-electron chi connectivity index (χ3n) is 1.59. The van der Waals surface area contributed by atoms with Crippen LogP contribution in [0, 0.1) is 12.7 Å². The topological polar surface area (TPSA) is 0 Å². The molecule has 1 aromatic carbocycles. The fourth-order valence-corrected chi connectivity index (χ4v) is 0.997. The molecule has 0 radical (unpaired) electrons. The lowest BCUT2D eigenvalue weighted by Crippen LogP contribution is -1.93. The summed E-state index contributed by atoms with van der Waals surface area (Å²) in [6.45, 7) is 1.36. The molecule has 0 amide bonds. The van der Waals surface area contributed by atoms with Crippen molar-refractivity contribution in [2.45, 2.75) is 13.3 Å². The molecule has 0 heterocycles. The second-order valence-corrected chi connectivity index (χ2v) is 2.78. The molecule has 0 aromatic heterocycles. The minimum absolute atomic E-state index is 0.0643. The van der Waals surface area contributed by atoms with E-state index in [9.17, 15) is 13.2 Å². The van der Waals surface area contributed by atoms with Crippen molar-refractivity contribution < 1.29 is 13.2 Å². The Bertz CT molecular complexity index is 297. The van der Waals surface area contributed by atoms with E-state index in [0.29, 0.717) is 0 Å². The maximum absolute atomic E-state index is 12.9. The summed E-state index contributed by atoms with van der Waals surface area (Å²) in [5.41, 5.74) is -0.536. The molecule has 0 bridgehead atoms. The van der Waals surface area contributed by atoms with Gasteiger partial charge in [0, 0.05) is 10.6 Å². The van der Waals surface area contributed by atoms with E-state index in [1.54, 1.807) is 0 Å². The highest BCUT2D eigenvalue weighted by molar-refractivity contribution is 6.31. The van der Waals surface area contributed by atoms with Crippen LogP contribution in [0.3, 0.4) is 0 Å². The molecule has 0 nitrogen and oxygen atoms in total. The van der Waals surface area contributed by atoms with Gasteiger partial charge in [0.25, 0.3) is 6.43 Å². The third kappa shape index (κ3) is 1.55. The zero-order valence-electron chi connectivity index (χ0n) is 6.24. The molecule has 1 aromatic rings. The van der Waals surface area contributed by atoms with Gasteiger partial charge in [0.1, 0.15) is 5.82 Å². The Morgan fingerprint density at radius 1 is 1.33 bits per heavy atom. The predicted molar refractivity (Wildman–Crippen MR) is 41.1 cm³/mol. The van der Waals surface area contributed by atoms with E-state index in [2.05, 4.69) is 0 Å². The Labute approximate surface area is 73.0 Å². The minimum atomic E-state index is -2.79. The van der Waals surface area contributed by atoms with E-state index < -0.39 is 17.8 Å². The molecule has 0 fully saturated rings. The lowest BCUT2D eigenvalue weighted by Gasteiger charge is -2.05. The highest BCUT2D eigenvalue weighted by atomic mass is 35.5. The molecule has 1 rings (SSSR count). The molecule has 0 atom stereocenters. The number of alkyl halides is 2. The molecule has 0 aliphatic carbocycles. The van der Waals surface area contributed by atoms with E-state index in [-0.39, 0.29) is 10.6 Å². The molecule has 0 saturated heterocycles. The lowest BCUT2D eigenvalue weighted by atomic mass is 10.1. The van der Waals surface area contributed by atoms with Gasteiger partial charge in [-0.2, -0.15) is 0 Å². The maximum Gasteiger partial charge on any atom is 0.266 e. The summed E-state index contributed by atoms with van der Waals surface area (Å²) in [5.74, 6) is -0.919. The van der Waals surface area contributed by atoms with E-state index in [0.717, 1.165) is 6.07 Å². The molecule has 4 heteroatoms. The van der Waals surface area contributed by atoms with E-state index >= 15 is 0 Å². The molecular weight excluding hydrogens is 189 g/mol. The third-order valence-corrected chi connectivity index (χ3v) is 1.99. The Morgan fingerprint density at radius 3 is 2.42 bits per heavy atom.